The predicted molar refractivity (Wildman–Crippen MR) is 53.1 cm³/mol. The lowest BCUT2D eigenvalue weighted by molar-refractivity contribution is -0.386. The maximum atomic E-state index is 10.7. The maximum absolute atomic E-state index is 10.7. The summed E-state index contributed by atoms with van der Waals surface area (Å²) in [6.07, 6.45) is -0.432. The van der Waals surface area contributed by atoms with Gasteiger partial charge in [-0.25, -0.2) is 0 Å². The van der Waals surface area contributed by atoms with E-state index in [1.54, 1.807) is 12.1 Å². The van der Waals surface area contributed by atoms with Crippen molar-refractivity contribution in [3.8, 4) is 5.75 Å². The number of nitrogens with one attached hydrogen (secondary N) is 1. The quantitative estimate of drug-likeness (QED) is 0.556. The van der Waals surface area contributed by atoms with Crippen LogP contribution >= 0.6 is 0 Å². The van der Waals surface area contributed by atoms with Crippen LogP contribution in [-0.2, 0) is 0 Å². The summed E-state index contributed by atoms with van der Waals surface area (Å²) >= 11 is 0. The lowest BCUT2D eigenvalue weighted by Crippen LogP contribution is -2.33. The van der Waals surface area contributed by atoms with Crippen LogP contribution in [0.1, 0.15) is 0 Å². The second-order valence-corrected chi connectivity index (χ2v) is 3.21. The third-order valence-electron chi connectivity index (χ3n) is 2.20. The summed E-state index contributed by atoms with van der Waals surface area (Å²) in [6, 6.07) is 4.67. The van der Waals surface area contributed by atoms with E-state index in [0.717, 1.165) is 0 Å². The molecule has 2 N–H and O–H groups in total. The Labute approximate surface area is 85.6 Å². The van der Waals surface area contributed by atoms with E-state index >= 15 is 0 Å². The summed E-state index contributed by atoms with van der Waals surface area (Å²) in [4.78, 5) is 10.2. The summed E-state index contributed by atoms with van der Waals surface area (Å²) in [5.74, 6) is 0.202. The third-order valence-corrected chi connectivity index (χ3v) is 2.20. The molecule has 2 rings (SSSR count). The summed E-state index contributed by atoms with van der Waals surface area (Å²) in [7, 11) is 0. The summed E-state index contributed by atoms with van der Waals surface area (Å²) in [6.45, 7) is 0.281. The number of aliphatic hydroxyl groups is 1. The molecule has 0 spiro atoms. The van der Waals surface area contributed by atoms with Gasteiger partial charge in [-0.2, -0.15) is 0 Å². The highest BCUT2D eigenvalue weighted by molar-refractivity contribution is 5.67. The van der Waals surface area contributed by atoms with E-state index < -0.39 is 11.0 Å². The van der Waals surface area contributed by atoms with Crippen molar-refractivity contribution < 1.29 is 14.8 Å². The molecule has 0 bridgehead atoms. The zero-order valence-electron chi connectivity index (χ0n) is 7.84. The lowest BCUT2D eigenvalue weighted by Gasteiger charge is -2.25. The Bertz CT molecular complexity index is 394. The molecule has 1 aromatic rings. The molecule has 0 aromatic heterocycles. The van der Waals surface area contributed by atoms with Crippen LogP contribution in [0, 0.1) is 10.1 Å². The van der Waals surface area contributed by atoms with E-state index in [2.05, 4.69) is 5.32 Å². The van der Waals surface area contributed by atoms with Gasteiger partial charge in [-0.05, 0) is 6.07 Å². The number of ether oxygens (including phenoxy) is 1. The van der Waals surface area contributed by atoms with Crippen LogP contribution in [0.2, 0.25) is 0 Å². The Balaban J connectivity index is 2.40. The van der Waals surface area contributed by atoms with Gasteiger partial charge in [-0.1, -0.05) is 6.07 Å². The topological polar surface area (TPSA) is 84.6 Å². The highest BCUT2D eigenvalue weighted by Crippen LogP contribution is 2.37. The highest BCUT2D eigenvalue weighted by Gasteiger charge is 2.26. The van der Waals surface area contributed by atoms with Crippen LogP contribution < -0.4 is 10.1 Å². The number of nitrogens with zero attached hydrogens (tertiary/aromatic N) is 1. The first kappa shape index (κ1) is 9.72. The number of anilines is 1. The van der Waals surface area contributed by atoms with Crippen LogP contribution in [0.25, 0.3) is 0 Å². The van der Waals surface area contributed by atoms with Crippen LogP contribution in [0.15, 0.2) is 18.2 Å². The SMILES string of the molecule is O=[N+]([O-])c1cccc2c1OC(CO)CN2. The van der Waals surface area contributed by atoms with Crippen molar-refractivity contribution in [1.82, 2.24) is 0 Å². The van der Waals surface area contributed by atoms with Gasteiger partial charge in [-0.3, -0.25) is 10.1 Å². The Kier molecular flexibility index (Phi) is 2.42. The Morgan fingerprint density at radius 1 is 1.67 bits per heavy atom. The maximum Gasteiger partial charge on any atom is 0.313 e. The standard InChI is InChI=1S/C9H10N2O4/c12-5-6-4-10-7-2-1-3-8(11(13)14)9(7)15-6/h1-3,6,10,12H,4-5H2. The number of benzene rings is 1. The molecule has 1 aliphatic heterocycles. The van der Waals surface area contributed by atoms with E-state index in [-0.39, 0.29) is 18.0 Å². The van der Waals surface area contributed by atoms with Gasteiger partial charge in [0.05, 0.1) is 23.8 Å². The van der Waals surface area contributed by atoms with Crippen molar-refractivity contribution >= 4 is 11.4 Å². The molecule has 0 saturated heterocycles. The Morgan fingerprint density at radius 2 is 2.47 bits per heavy atom. The molecule has 1 unspecified atom stereocenters. The van der Waals surface area contributed by atoms with E-state index in [1.807, 2.05) is 0 Å². The number of nitro groups is 1. The summed E-state index contributed by atoms with van der Waals surface area (Å²) in [5, 5.41) is 22.6. The van der Waals surface area contributed by atoms with E-state index in [4.69, 9.17) is 9.84 Å². The zero-order valence-corrected chi connectivity index (χ0v) is 7.84. The van der Waals surface area contributed by atoms with Crippen molar-refractivity contribution in [3.63, 3.8) is 0 Å². The molecule has 0 amide bonds. The molecule has 6 nitrogen and oxygen atoms in total. The smallest absolute Gasteiger partial charge is 0.313 e. The molecule has 6 heteroatoms. The summed E-state index contributed by atoms with van der Waals surface area (Å²) < 4.78 is 5.32. The fraction of sp³-hybridized carbons (Fsp3) is 0.333. The Hall–Kier alpha value is -1.82. The van der Waals surface area contributed by atoms with E-state index in [1.165, 1.54) is 6.07 Å². The molecule has 1 aromatic carbocycles. The highest BCUT2D eigenvalue weighted by atomic mass is 16.6. The number of fused-ring (bicyclic) bond motifs is 1. The van der Waals surface area contributed by atoms with Gasteiger partial charge in [0.1, 0.15) is 6.10 Å². The molecule has 80 valence electrons. The first-order valence-corrected chi connectivity index (χ1v) is 4.51. The van der Waals surface area contributed by atoms with Crippen LogP contribution in [-0.4, -0.2) is 29.3 Å². The number of hydrogen-bond donors (Lipinski definition) is 2. The first-order chi connectivity index (χ1) is 7.22. The van der Waals surface area contributed by atoms with Gasteiger partial charge in [0.2, 0.25) is 5.75 Å². The molecule has 1 aliphatic rings. The van der Waals surface area contributed by atoms with Crippen LogP contribution in [0.5, 0.6) is 5.75 Å². The van der Waals surface area contributed by atoms with E-state index in [9.17, 15) is 10.1 Å². The minimum absolute atomic E-state index is 0.0850. The predicted octanol–water partition coefficient (Wildman–Crippen LogP) is 0.760. The monoisotopic (exact) mass is 210 g/mol. The van der Waals surface area contributed by atoms with Crippen molar-refractivity contribution in [2.24, 2.45) is 0 Å². The van der Waals surface area contributed by atoms with Gasteiger partial charge in [0.25, 0.3) is 0 Å². The zero-order chi connectivity index (χ0) is 10.8. The first-order valence-electron chi connectivity index (χ1n) is 4.51. The van der Waals surface area contributed by atoms with Gasteiger partial charge in [0, 0.05) is 6.07 Å². The fourth-order valence-corrected chi connectivity index (χ4v) is 1.47. The minimum atomic E-state index is -0.500. The van der Waals surface area contributed by atoms with Gasteiger partial charge < -0.3 is 15.2 Å². The fourth-order valence-electron chi connectivity index (χ4n) is 1.47. The molecule has 0 fully saturated rings. The molecule has 0 aliphatic carbocycles. The molecular weight excluding hydrogens is 200 g/mol. The number of nitro benzene ring substituents is 1. The normalized spacial score (nSPS) is 18.6. The van der Waals surface area contributed by atoms with Gasteiger partial charge >= 0.3 is 5.69 Å². The number of aliphatic hydroxyl groups excluding tert-OH is 1. The van der Waals surface area contributed by atoms with Gasteiger partial charge in [-0.15, -0.1) is 0 Å². The molecule has 1 atom stereocenters. The average molecular weight is 210 g/mol. The number of para-hydroxylation sites is 1. The molecular formula is C9H10N2O4. The van der Waals surface area contributed by atoms with Crippen LogP contribution in [0.3, 0.4) is 0 Å². The van der Waals surface area contributed by atoms with Crippen molar-refractivity contribution in [1.29, 1.82) is 0 Å². The third kappa shape index (κ3) is 1.71. The van der Waals surface area contributed by atoms with Crippen molar-refractivity contribution in [2.75, 3.05) is 18.5 Å². The van der Waals surface area contributed by atoms with Crippen LogP contribution in [0.4, 0.5) is 11.4 Å². The second kappa shape index (κ2) is 3.74. The van der Waals surface area contributed by atoms with Crippen molar-refractivity contribution in [2.45, 2.75) is 6.10 Å². The molecule has 0 radical (unpaired) electrons. The Morgan fingerprint density at radius 3 is 3.13 bits per heavy atom. The number of hydrogen-bond acceptors (Lipinski definition) is 5. The van der Waals surface area contributed by atoms with E-state index in [0.29, 0.717) is 12.2 Å². The lowest BCUT2D eigenvalue weighted by atomic mass is 10.2. The minimum Gasteiger partial charge on any atom is -0.478 e. The van der Waals surface area contributed by atoms with Gasteiger partial charge in [0.15, 0.2) is 0 Å². The largest absolute Gasteiger partial charge is 0.478 e. The molecule has 0 saturated carbocycles. The molecule has 1 heterocycles. The van der Waals surface area contributed by atoms with Crippen molar-refractivity contribution in [3.05, 3.63) is 28.3 Å². The number of rotatable bonds is 2. The summed E-state index contributed by atoms with van der Waals surface area (Å²) in [5.41, 5.74) is 0.507. The second-order valence-electron chi connectivity index (χ2n) is 3.21. The average Bonchev–Trinajstić information content (AvgIpc) is 2.27. The molecule has 15 heavy (non-hydrogen) atoms.